The molecule has 1 fully saturated rings. The number of fused-ring (bicyclic) bond motifs is 1. The van der Waals surface area contributed by atoms with Gasteiger partial charge in [0.25, 0.3) is 0 Å². The van der Waals surface area contributed by atoms with E-state index in [1.165, 1.54) is 0 Å². The number of nitrogens with zero attached hydrogens (tertiary/aromatic N) is 1. The van der Waals surface area contributed by atoms with Crippen molar-refractivity contribution in [2.45, 2.75) is 18.3 Å². The summed E-state index contributed by atoms with van der Waals surface area (Å²) in [6, 6.07) is 12.4. The molecule has 1 saturated heterocycles. The van der Waals surface area contributed by atoms with Gasteiger partial charge in [0, 0.05) is 5.39 Å². The van der Waals surface area contributed by atoms with E-state index >= 15 is 0 Å². The van der Waals surface area contributed by atoms with E-state index in [2.05, 4.69) is 11.4 Å². The van der Waals surface area contributed by atoms with E-state index in [0.29, 0.717) is 0 Å². The number of rotatable bonds is 1. The second kappa shape index (κ2) is 3.90. The van der Waals surface area contributed by atoms with E-state index in [1.54, 1.807) is 0 Å². The molecule has 0 unspecified atom stereocenters. The molecule has 1 aromatic carbocycles. The van der Waals surface area contributed by atoms with Crippen molar-refractivity contribution < 1.29 is 4.42 Å². The lowest BCUT2D eigenvalue weighted by molar-refractivity contribution is 0.327. The molecule has 1 aliphatic rings. The predicted octanol–water partition coefficient (Wildman–Crippen LogP) is 2.58. The first-order chi connectivity index (χ1) is 8.34. The molecule has 0 spiro atoms. The molecular weight excluding hydrogens is 212 g/mol. The highest BCUT2D eigenvalue weighted by molar-refractivity contribution is 5.78. The fraction of sp³-hybridized carbons (Fsp3) is 0.357. The van der Waals surface area contributed by atoms with Gasteiger partial charge in [-0.25, -0.2) is 0 Å². The van der Waals surface area contributed by atoms with Crippen LogP contribution in [0.3, 0.4) is 0 Å². The molecule has 17 heavy (non-hydrogen) atoms. The third-order valence-corrected chi connectivity index (χ3v) is 3.57. The first-order valence-electron chi connectivity index (χ1n) is 5.95. The van der Waals surface area contributed by atoms with Crippen molar-refractivity contribution in [3.8, 4) is 6.07 Å². The summed E-state index contributed by atoms with van der Waals surface area (Å²) >= 11 is 0. The molecule has 0 radical (unpaired) electrons. The standard InChI is InChI=1S/C14H14N2O/c15-10-14(5-7-16-8-6-14)13-9-11-3-1-2-4-12(11)17-13/h1-4,9,16H,5-8H2. The summed E-state index contributed by atoms with van der Waals surface area (Å²) in [7, 11) is 0. The minimum Gasteiger partial charge on any atom is -0.459 e. The quantitative estimate of drug-likeness (QED) is 0.813. The average Bonchev–Trinajstić information content (AvgIpc) is 2.84. The van der Waals surface area contributed by atoms with Crippen molar-refractivity contribution >= 4 is 11.0 Å². The molecule has 0 amide bonds. The zero-order chi connectivity index (χ0) is 11.7. The summed E-state index contributed by atoms with van der Waals surface area (Å²) in [6.45, 7) is 1.76. The Bertz CT molecular complexity index is 540. The molecule has 3 rings (SSSR count). The Labute approximate surface area is 100 Å². The van der Waals surface area contributed by atoms with Gasteiger partial charge in [0.2, 0.25) is 0 Å². The number of para-hydroxylation sites is 1. The largest absolute Gasteiger partial charge is 0.459 e. The smallest absolute Gasteiger partial charge is 0.134 e. The summed E-state index contributed by atoms with van der Waals surface area (Å²) < 4.78 is 5.85. The first-order valence-corrected chi connectivity index (χ1v) is 5.95. The lowest BCUT2D eigenvalue weighted by Crippen LogP contribution is -2.38. The van der Waals surface area contributed by atoms with Crippen molar-refractivity contribution in [2.24, 2.45) is 0 Å². The zero-order valence-corrected chi connectivity index (χ0v) is 9.57. The molecule has 2 heterocycles. The number of nitriles is 1. The Morgan fingerprint density at radius 3 is 2.71 bits per heavy atom. The molecule has 1 aliphatic heterocycles. The number of hydrogen-bond acceptors (Lipinski definition) is 3. The van der Waals surface area contributed by atoms with E-state index in [4.69, 9.17) is 4.42 Å². The maximum absolute atomic E-state index is 9.48. The Kier molecular flexibility index (Phi) is 2.38. The summed E-state index contributed by atoms with van der Waals surface area (Å²) in [5.74, 6) is 0.822. The number of nitrogens with one attached hydrogen (secondary N) is 1. The van der Waals surface area contributed by atoms with Gasteiger partial charge in [-0.1, -0.05) is 18.2 Å². The SMILES string of the molecule is N#CC1(c2cc3ccccc3o2)CCNCC1. The topological polar surface area (TPSA) is 49.0 Å². The monoisotopic (exact) mass is 226 g/mol. The summed E-state index contributed by atoms with van der Waals surface area (Å²) in [4.78, 5) is 0. The zero-order valence-electron chi connectivity index (χ0n) is 9.57. The van der Waals surface area contributed by atoms with Crippen LogP contribution in [0.15, 0.2) is 34.7 Å². The van der Waals surface area contributed by atoms with E-state index in [9.17, 15) is 5.26 Å². The maximum atomic E-state index is 9.48. The van der Waals surface area contributed by atoms with Gasteiger partial charge in [0.05, 0.1) is 6.07 Å². The van der Waals surface area contributed by atoms with Crippen LogP contribution in [-0.4, -0.2) is 13.1 Å². The highest BCUT2D eigenvalue weighted by Gasteiger charge is 2.37. The molecule has 2 aromatic rings. The highest BCUT2D eigenvalue weighted by atomic mass is 16.3. The Morgan fingerprint density at radius 1 is 1.24 bits per heavy atom. The molecule has 3 heteroatoms. The first kappa shape index (κ1) is 10.4. The van der Waals surface area contributed by atoms with Gasteiger partial charge < -0.3 is 9.73 Å². The second-order valence-electron chi connectivity index (χ2n) is 4.59. The van der Waals surface area contributed by atoms with Crippen molar-refractivity contribution in [1.82, 2.24) is 5.32 Å². The van der Waals surface area contributed by atoms with Crippen LogP contribution in [0.4, 0.5) is 0 Å². The van der Waals surface area contributed by atoms with Gasteiger partial charge in [0.1, 0.15) is 16.8 Å². The van der Waals surface area contributed by atoms with Crippen molar-refractivity contribution in [2.75, 3.05) is 13.1 Å². The van der Waals surface area contributed by atoms with E-state index in [-0.39, 0.29) is 0 Å². The van der Waals surface area contributed by atoms with Gasteiger partial charge in [-0.15, -0.1) is 0 Å². The van der Waals surface area contributed by atoms with Crippen LogP contribution >= 0.6 is 0 Å². The molecule has 0 atom stereocenters. The third kappa shape index (κ3) is 1.62. The maximum Gasteiger partial charge on any atom is 0.134 e. The molecule has 3 nitrogen and oxygen atoms in total. The summed E-state index contributed by atoms with van der Waals surface area (Å²) in [5, 5.41) is 13.8. The number of piperidine rings is 1. The molecule has 0 bridgehead atoms. The van der Waals surface area contributed by atoms with Crippen LogP contribution in [0.25, 0.3) is 11.0 Å². The van der Waals surface area contributed by atoms with Gasteiger partial charge in [-0.2, -0.15) is 5.26 Å². The van der Waals surface area contributed by atoms with E-state index in [1.807, 2.05) is 30.3 Å². The van der Waals surface area contributed by atoms with Crippen molar-refractivity contribution in [3.05, 3.63) is 36.1 Å². The minimum atomic E-state index is -0.440. The molecule has 0 saturated carbocycles. The minimum absolute atomic E-state index is 0.440. The normalized spacial score (nSPS) is 19.0. The lowest BCUT2D eigenvalue weighted by Gasteiger charge is -2.28. The third-order valence-electron chi connectivity index (χ3n) is 3.57. The molecular formula is C14H14N2O. The summed E-state index contributed by atoms with van der Waals surface area (Å²) in [6.07, 6.45) is 1.65. The van der Waals surface area contributed by atoms with Crippen LogP contribution in [0.2, 0.25) is 0 Å². The van der Waals surface area contributed by atoms with Crippen LogP contribution in [0.1, 0.15) is 18.6 Å². The molecule has 1 aromatic heterocycles. The molecule has 1 N–H and O–H groups in total. The lowest BCUT2D eigenvalue weighted by atomic mass is 9.78. The number of hydrogen-bond donors (Lipinski definition) is 1. The van der Waals surface area contributed by atoms with Crippen LogP contribution in [0, 0.1) is 11.3 Å². The highest BCUT2D eigenvalue weighted by Crippen LogP contribution is 2.36. The Morgan fingerprint density at radius 2 is 2.00 bits per heavy atom. The fourth-order valence-corrected chi connectivity index (χ4v) is 2.48. The Balaban J connectivity index is 2.10. The summed E-state index contributed by atoms with van der Waals surface area (Å²) in [5.41, 5.74) is 0.431. The Hall–Kier alpha value is -1.79. The van der Waals surface area contributed by atoms with E-state index in [0.717, 1.165) is 42.7 Å². The molecule has 0 aliphatic carbocycles. The van der Waals surface area contributed by atoms with Crippen LogP contribution in [0.5, 0.6) is 0 Å². The predicted molar refractivity (Wildman–Crippen MR) is 65.6 cm³/mol. The van der Waals surface area contributed by atoms with Crippen molar-refractivity contribution in [1.29, 1.82) is 5.26 Å². The van der Waals surface area contributed by atoms with Gasteiger partial charge >= 0.3 is 0 Å². The van der Waals surface area contributed by atoms with Crippen molar-refractivity contribution in [3.63, 3.8) is 0 Å². The fourth-order valence-electron chi connectivity index (χ4n) is 2.48. The van der Waals surface area contributed by atoms with Crippen LogP contribution < -0.4 is 5.32 Å². The molecule has 86 valence electrons. The second-order valence-corrected chi connectivity index (χ2v) is 4.59. The average molecular weight is 226 g/mol. The number of furan rings is 1. The van der Waals surface area contributed by atoms with Crippen LogP contribution in [-0.2, 0) is 5.41 Å². The van der Waals surface area contributed by atoms with Gasteiger partial charge in [-0.3, -0.25) is 0 Å². The van der Waals surface area contributed by atoms with E-state index < -0.39 is 5.41 Å². The number of benzene rings is 1. The van der Waals surface area contributed by atoms with Gasteiger partial charge in [-0.05, 0) is 38.1 Å². The van der Waals surface area contributed by atoms with Gasteiger partial charge in [0.15, 0.2) is 0 Å².